The van der Waals surface area contributed by atoms with E-state index in [4.69, 9.17) is 21.3 Å². The number of nitrogens with zero attached hydrogens (tertiary/aromatic N) is 1. The third kappa shape index (κ3) is 20.1. The van der Waals surface area contributed by atoms with Gasteiger partial charge in [0.15, 0.2) is 11.6 Å². The van der Waals surface area contributed by atoms with Crippen LogP contribution in [-0.4, -0.2) is 83.5 Å². The van der Waals surface area contributed by atoms with Crippen molar-refractivity contribution < 1.29 is 84.4 Å². The molecule has 70 heavy (non-hydrogen) atoms. The number of aromatic carboxylic acids is 1. The molecule has 0 bridgehead atoms. The number of methoxy groups -OCH3 is 3. The Labute approximate surface area is 459 Å². The van der Waals surface area contributed by atoms with E-state index < -0.39 is 5.97 Å². The number of ether oxygens (including phenoxy) is 3. The summed E-state index contributed by atoms with van der Waals surface area (Å²) in [5, 5.41) is 27.4. The summed E-state index contributed by atoms with van der Waals surface area (Å²) in [6.07, 6.45) is 10.3. The molecule has 4 aliphatic rings. The molecule has 0 saturated carbocycles. The van der Waals surface area contributed by atoms with Gasteiger partial charge in [0.25, 0.3) is 0 Å². The van der Waals surface area contributed by atoms with Crippen LogP contribution in [-0.2, 0) is 60.3 Å². The fourth-order valence-corrected chi connectivity index (χ4v) is 7.78. The number of carboxylic acid groups (broad SMARTS) is 1. The zero-order chi connectivity index (χ0) is 45.3. The van der Waals surface area contributed by atoms with Crippen LogP contribution in [0.3, 0.4) is 0 Å². The summed E-state index contributed by atoms with van der Waals surface area (Å²) in [5.41, 5.74) is 16.3. The number of aryl methyl sites for hydroxylation is 4. The van der Waals surface area contributed by atoms with Crippen molar-refractivity contribution in [1.29, 1.82) is 0 Å². The second kappa shape index (κ2) is 37.5. The average molecular weight is 1240 g/mol. The number of oxime groups is 1. The van der Waals surface area contributed by atoms with Crippen molar-refractivity contribution in [3.8, 4) is 0 Å². The van der Waals surface area contributed by atoms with Gasteiger partial charge in [0, 0.05) is 56.0 Å². The van der Waals surface area contributed by atoms with Crippen LogP contribution in [0.4, 0.5) is 0 Å². The number of nitrogens with two attached hydrogens (primary N) is 2. The number of benzene rings is 4. The molecule has 1 unspecified atom stereocenters. The van der Waals surface area contributed by atoms with Gasteiger partial charge in [-0.3, -0.25) is 9.59 Å². The van der Waals surface area contributed by atoms with E-state index in [1.807, 2.05) is 24.3 Å². The molecule has 16 nitrogen and oxygen atoms in total. The topological polar surface area (TPSA) is 287 Å². The second-order valence-electron chi connectivity index (χ2n) is 14.8. The van der Waals surface area contributed by atoms with E-state index in [2.05, 4.69) is 25.3 Å². The number of fused-ring (bicyclic) bond motifs is 4. The van der Waals surface area contributed by atoms with E-state index in [1.54, 1.807) is 42.5 Å². The van der Waals surface area contributed by atoms with Gasteiger partial charge in [-0.2, -0.15) is 0 Å². The van der Waals surface area contributed by atoms with Crippen molar-refractivity contribution in [2.75, 3.05) is 21.3 Å². The van der Waals surface area contributed by atoms with Gasteiger partial charge < -0.3 is 48.4 Å². The van der Waals surface area contributed by atoms with Gasteiger partial charge in [0.05, 0.1) is 49.3 Å². The van der Waals surface area contributed by atoms with Gasteiger partial charge in [-0.15, -0.1) is 61.2 Å². The van der Waals surface area contributed by atoms with Gasteiger partial charge in [0.1, 0.15) is 0 Å². The summed E-state index contributed by atoms with van der Waals surface area (Å²) in [6, 6.07) is 20.9. The van der Waals surface area contributed by atoms with Crippen molar-refractivity contribution in [3.63, 3.8) is 0 Å². The third-order valence-electron chi connectivity index (χ3n) is 10.9. The molecule has 0 aromatic heterocycles. The van der Waals surface area contributed by atoms with Gasteiger partial charge in [-0.1, -0.05) is 36.8 Å². The monoisotopic (exact) mass is 1240 g/mol. The minimum absolute atomic E-state index is 0. The van der Waals surface area contributed by atoms with Gasteiger partial charge in [-0.25, -0.2) is 25.1 Å². The first-order valence-electron chi connectivity index (χ1n) is 20.2. The zero-order valence-electron chi connectivity index (χ0n) is 38.6. The smallest absolute Gasteiger partial charge is 0.337 e. The number of halogens is 4. The first-order chi connectivity index (χ1) is 29.9. The molecule has 0 spiro atoms. The molecule has 0 radical (unpaired) electrons. The molecule has 394 valence electrons. The Kier molecular flexibility index (Phi) is 39.9. The van der Waals surface area contributed by atoms with Crippen LogP contribution >= 0.6 is 61.2 Å². The van der Waals surface area contributed by atoms with Gasteiger partial charge in [-0.05, 0) is 141 Å². The molecule has 0 amide bonds. The van der Waals surface area contributed by atoms with Crippen molar-refractivity contribution in [1.82, 2.24) is 0 Å². The van der Waals surface area contributed by atoms with Crippen LogP contribution in [0, 0.1) is 7.43 Å². The number of ketones is 2. The maximum atomic E-state index is 11.5. The quantitative estimate of drug-likeness (QED) is 0.0242. The zero-order valence-corrected chi connectivity index (χ0v) is 44.9. The summed E-state index contributed by atoms with van der Waals surface area (Å²) < 4.78 is 14.0. The summed E-state index contributed by atoms with van der Waals surface area (Å²) in [7, 11) is 4.11. The first-order valence-corrected chi connectivity index (χ1v) is 20.2. The molecule has 8 rings (SSSR count). The normalized spacial score (nSPS) is 14.3. The van der Waals surface area contributed by atoms with Crippen molar-refractivity contribution in [3.05, 3.63) is 147 Å². The third-order valence-corrected chi connectivity index (χ3v) is 10.9. The van der Waals surface area contributed by atoms with Crippen LogP contribution in [0.1, 0.15) is 160 Å². The number of esters is 3. The van der Waals surface area contributed by atoms with E-state index >= 15 is 0 Å². The van der Waals surface area contributed by atoms with Gasteiger partial charge >= 0.3 is 23.9 Å². The standard InChI is InChI=1S/C12H13NO3.C12H15NO2.C12H12O3.C11H10O3.CH4.CH3.3ClH.HI.H3NO.H2O.Pd/c1-16-12(14)9-5-6-10-8(7-9)3-2-4-11(10)13-15;2*1-15-12(14)9-5-6-10-8(7-9)3-2-4-11(10)13;12-10-3-1-2-7-6-8(11(13)14)4-5-9(7)10;;;;;;;1-2;;/h5-7,15H,2-4H2,1H3;5-7,11H,2-4,13H2,1H3;5-7H,2-4H2,1H3;4-6H,1-3H2,(H,13,14);1H4;1H3;4*1H;2H,1H2;1H2;/q;;;;;-1;;;;;;;/b13-11+;;;;;;;;;;;;. The van der Waals surface area contributed by atoms with E-state index in [0.717, 1.165) is 92.0 Å². The molecule has 4 aliphatic carbocycles. The minimum Gasteiger partial charge on any atom is -0.478 e. The summed E-state index contributed by atoms with van der Waals surface area (Å²) in [4.78, 5) is 67.6. The van der Waals surface area contributed by atoms with E-state index in [0.29, 0.717) is 40.8 Å². The number of hydrogen-bond donors (Lipinski definition) is 5. The predicted molar refractivity (Wildman–Crippen MR) is 282 cm³/mol. The fourth-order valence-electron chi connectivity index (χ4n) is 7.78. The maximum absolute atomic E-state index is 11.5. The van der Waals surface area contributed by atoms with Crippen molar-refractivity contribution in [2.24, 2.45) is 16.8 Å². The van der Waals surface area contributed by atoms with Crippen LogP contribution in [0.25, 0.3) is 0 Å². The van der Waals surface area contributed by atoms with Crippen molar-refractivity contribution >= 4 is 102 Å². The Morgan fingerprint density at radius 1 is 0.571 bits per heavy atom. The Hall–Kier alpha value is -4.33. The molecule has 0 fully saturated rings. The number of carbonyl (C=O) groups is 6. The fraction of sp³-hybridized carbons (Fsp3) is 0.347. The second-order valence-corrected chi connectivity index (χ2v) is 14.8. The molecular formula is C49H66Cl3IN3O13Pd-. The Morgan fingerprint density at radius 3 is 1.33 bits per heavy atom. The molecule has 9 N–H and O–H groups in total. The van der Waals surface area contributed by atoms with Crippen molar-refractivity contribution in [2.45, 2.75) is 90.5 Å². The van der Waals surface area contributed by atoms with Crippen LogP contribution < -0.4 is 11.6 Å². The molecule has 0 aliphatic heterocycles. The number of carboxylic acids is 1. The number of Topliss-reactive ketones (excluding diaryl/α,β-unsaturated/α-hetero) is 2. The van der Waals surface area contributed by atoms with Gasteiger partial charge in [0.2, 0.25) is 0 Å². The number of rotatable bonds is 4. The molecule has 4 aromatic carbocycles. The van der Waals surface area contributed by atoms with Crippen LogP contribution in [0.5, 0.6) is 0 Å². The van der Waals surface area contributed by atoms with E-state index in [-0.39, 0.29) is 143 Å². The molecule has 21 heteroatoms. The largest absolute Gasteiger partial charge is 0.478 e. The minimum atomic E-state index is -0.939. The first kappa shape index (κ1) is 74.6. The maximum Gasteiger partial charge on any atom is 0.337 e. The Balaban J connectivity index is -0.000000255. The summed E-state index contributed by atoms with van der Waals surface area (Å²) in [6.45, 7) is 0. The van der Waals surface area contributed by atoms with Crippen LogP contribution in [0.15, 0.2) is 78.0 Å². The molecular weight excluding hydrogens is 1180 g/mol. The molecule has 0 heterocycles. The van der Waals surface area contributed by atoms with Crippen LogP contribution in [0.2, 0.25) is 0 Å². The average Bonchev–Trinajstić information content (AvgIpc) is 3.31. The SMILES string of the molecule is C.COC(=O)c1ccc2c(c1)CCC/C2=N\O.COC(=O)c1ccc2c(c1)CCCC2=O.COC(=O)c1ccc2c(c1)CCCC2N.Cl.Cl.Cl.I.NO.O.O=C(O)c1ccc2c(c1)CCCC2=O.[CH3-].[Pd]. The molecule has 0 saturated heterocycles. The summed E-state index contributed by atoms with van der Waals surface area (Å²) in [5.74, 6) is 1.89. The van der Waals surface area contributed by atoms with E-state index in [9.17, 15) is 28.8 Å². The predicted octanol–water partition coefficient (Wildman–Crippen LogP) is 9.17. The Bertz CT molecular complexity index is 2360. The number of carbonyl (C=O) groups excluding carboxylic acids is 5. The summed E-state index contributed by atoms with van der Waals surface area (Å²) >= 11 is 0. The molecule has 1 atom stereocenters. The molecule has 4 aromatic rings. The van der Waals surface area contributed by atoms with E-state index in [1.165, 1.54) is 38.5 Å². The Morgan fingerprint density at radius 2 is 0.914 bits per heavy atom. The number of hydrogen-bond acceptors (Lipinski definition) is 14.